The fourth-order valence-electron chi connectivity index (χ4n) is 3.74. The SMILES string of the molecule is COc1ccc(C(=O)N2CCC(CNC(=O)/C=C/c3ccccc3C)CC2)cc1OC. The van der Waals surface area contributed by atoms with Crippen LogP contribution in [-0.4, -0.2) is 50.6 Å². The van der Waals surface area contributed by atoms with Crippen molar-refractivity contribution in [2.24, 2.45) is 5.92 Å². The fraction of sp³-hybridized carbons (Fsp3) is 0.360. The predicted molar refractivity (Wildman–Crippen MR) is 121 cm³/mol. The summed E-state index contributed by atoms with van der Waals surface area (Å²) in [6.07, 6.45) is 5.15. The van der Waals surface area contributed by atoms with Crippen LogP contribution in [0.2, 0.25) is 0 Å². The molecule has 1 aliphatic heterocycles. The highest BCUT2D eigenvalue weighted by atomic mass is 16.5. The third kappa shape index (κ3) is 5.87. The second-order valence-electron chi connectivity index (χ2n) is 7.74. The summed E-state index contributed by atoms with van der Waals surface area (Å²) in [7, 11) is 3.13. The Morgan fingerprint density at radius 2 is 1.77 bits per heavy atom. The van der Waals surface area contributed by atoms with Gasteiger partial charge >= 0.3 is 0 Å². The Labute approximate surface area is 183 Å². The lowest BCUT2D eigenvalue weighted by atomic mass is 9.96. The largest absolute Gasteiger partial charge is 0.493 e. The molecule has 0 bridgehead atoms. The van der Waals surface area contributed by atoms with E-state index in [0.717, 1.165) is 24.0 Å². The third-order valence-corrected chi connectivity index (χ3v) is 5.70. The van der Waals surface area contributed by atoms with Gasteiger partial charge in [0.05, 0.1) is 14.2 Å². The number of amides is 2. The zero-order valence-electron chi connectivity index (χ0n) is 18.4. The Kier molecular flexibility index (Phi) is 7.70. The first kappa shape index (κ1) is 22.4. The molecule has 2 aromatic carbocycles. The van der Waals surface area contributed by atoms with Gasteiger partial charge in [-0.1, -0.05) is 24.3 Å². The molecule has 0 spiro atoms. The van der Waals surface area contributed by atoms with Gasteiger partial charge in [0.2, 0.25) is 5.91 Å². The summed E-state index contributed by atoms with van der Waals surface area (Å²) >= 11 is 0. The van der Waals surface area contributed by atoms with Crippen molar-refractivity contribution in [2.75, 3.05) is 33.9 Å². The molecule has 0 atom stereocenters. The van der Waals surface area contributed by atoms with Crippen LogP contribution in [0.25, 0.3) is 6.08 Å². The maximum Gasteiger partial charge on any atom is 0.253 e. The van der Waals surface area contributed by atoms with Crippen LogP contribution in [-0.2, 0) is 4.79 Å². The molecule has 0 unspecified atom stereocenters. The van der Waals surface area contributed by atoms with Crippen molar-refractivity contribution >= 4 is 17.9 Å². The molecule has 0 aromatic heterocycles. The second-order valence-corrected chi connectivity index (χ2v) is 7.74. The number of rotatable bonds is 7. The lowest BCUT2D eigenvalue weighted by molar-refractivity contribution is -0.116. The molecule has 1 N–H and O–H groups in total. The molecule has 1 heterocycles. The molecule has 31 heavy (non-hydrogen) atoms. The number of carbonyl (C=O) groups excluding carboxylic acids is 2. The maximum absolute atomic E-state index is 12.8. The Morgan fingerprint density at radius 1 is 1.06 bits per heavy atom. The number of hydrogen-bond acceptors (Lipinski definition) is 4. The van der Waals surface area contributed by atoms with Gasteiger partial charge in [-0.25, -0.2) is 0 Å². The monoisotopic (exact) mass is 422 g/mol. The van der Waals surface area contributed by atoms with Crippen molar-refractivity contribution in [1.82, 2.24) is 10.2 Å². The van der Waals surface area contributed by atoms with Crippen LogP contribution >= 0.6 is 0 Å². The van der Waals surface area contributed by atoms with E-state index in [4.69, 9.17) is 9.47 Å². The van der Waals surface area contributed by atoms with Crippen molar-refractivity contribution in [3.63, 3.8) is 0 Å². The number of benzene rings is 2. The van der Waals surface area contributed by atoms with Crippen molar-refractivity contribution < 1.29 is 19.1 Å². The molecule has 2 aromatic rings. The van der Waals surface area contributed by atoms with Crippen molar-refractivity contribution in [3.8, 4) is 11.5 Å². The molecule has 0 radical (unpaired) electrons. The molecule has 6 nitrogen and oxygen atoms in total. The minimum atomic E-state index is -0.0907. The minimum absolute atomic E-state index is 0.00963. The number of hydrogen-bond donors (Lipinski definition) is 1. The van der Waals surface area contributed by atoms with Crippen LogP contribution in [0.1, 0.15) is 34.3 Å². The van der Waals surface area contributed by atoms with Gasteiger partial charge in [-0.05, 0) is 61.1 Å². The van der Waals surface area contributed by atoms with Gasteiger partial charge in [-0.3, -0.25) is 9.59 Å². The Morgan fingerprint density at radius 3 is 2.45 bits per heavy atom. The van der Waals surface area contributed by atoms with Gasteiger partial charge in [-0.15, -0.1) is 0 Å². The highest BCUT2D eigenvalue weighted by Gasteiger charge is 2.24. The van der Waals surface area contributed by atoms with Crippen LogP contribution in [0.15, 0.2) is 48.5 Å². The summed E-state index contributed by atoms with van der Waals surface area (Å²) in [6.45, 7) is 3.99. The lowest BCUT2D eigenvalue weighted by Gasteiger charge is -2.32. The molecule has 1 saturated heterocycles. The van der Waals surface area contributed by atoms with Gasteiger partial charge in [0.25, 0.3) is 5.91 Å². The van der Waals surface area contributed by atoms with Gasteiger partial charge in [-0.2, -0.15) is 0 Å². The van der Waals surface area contributed by atoms with E-state index in [9.17, 15) is 9.59 Å². The van der Waals surface area contributed by atoms with E-state index >= 15 is 0 Å². The van der Waals surface area contributed by atoms with Gasteiger partial charge in [0.15, 0.2) is 11.5 Å². The molecular formula is C25H30N2O4. The average Bonchev–Trinajstić information content (AvgIpc) is 2.81. The van der Waals surface area contributed by atoms with Crippen molar-refractivity contribution in [2.45, 2.75) is 19.8 Å². The van der Waals surface area contributed by atoms with Crippen LogP contribution in [0.4, 0.5) is 0 Å². The lowest BCUT2D eigenvalue weighted by Crippen LogP contribution is -2.41. The highest BCUT2D eigenvalue weighted by Crippen LogP contribution is 2.28. The minimum Gasteiger partial charge on any atom is -0.493 e. The molecular weight excluding hydrogens is 392 g/mol. The molecule has 1 aliphatic rings. The Bertz CT molecular complexity index is 946. The summed E-state index contributed by atoms with van der Waals surface area (Å²) < 4.78 is 10.5. The Balaban J connectivity index is 1.47. The molecule has 2 amide bonds. The number of methoxy groups -OCH3 is 2. The standard InChI is InChI=1S/C25H30N2O4/c1-18-6-4-5-7-20(18)9-11-24(28)26-17-19-12-14-27(15-13-19)25(29)21-8-10-22(30-2)23(16-21)31-3/h4-11,16,19H,12-15,17H2,1-3H3,(H,26,28)/b11-9+. The summed E-state index contributed by atoms with van der Waals surface area (Å²) in [5.74, 6) is 1.41. The number of aryl methyl sites for hydroxylation is 1. The van der Waals surface area contributed by atoms with Gasteiger partial charge in [0, 0.05) is 31.3 Å². The first-order chi connectivity index (χ1) is 15.0. The molecule has 0 aliphatic carbocycles. The first-order valence-corrected chi connectivity index (χ1v) is 10.5. The van der Waals surface area contributed by atoms with E-state index in [2.05, 4.69) is 5.32 Å². The van der Waals surface area contributed by atoms with Crippen LogP contribution < -0.4 is 14.8 Å². The number of ether oxygens (including phenoxy) is 2. The zero-order chi connectivity index (χ0) is 22.2. The van der Waals surface area contributed by atoms with E-state index < -0.39 is 0 Å². The molecule has 164 valence electrons. The van der Waals surface area contributed by atoms with E-state index in [1.807, 2.05) is 42.2 Å². The summed E-state index contributed by atoms with van der Waals surface area (Å²) in [5.41, 5.74) is 2.77. The van der Waals surface area contributed by atoms with Crippen molar-refractivity contribution in [3.05, 3.63) is 65.2 Å². The fourth-order valence-corrected chi connectivity index (χ4v) is 3.74. The number of piperidine rings is 1. The Hall–Kier alpha value is -3.28. The number of carbonyl (C=O) groups is 2. The molecule has 3 rings (SSSR count). The van der Waals surface area contributed by atoms with Gasteiger partial charge in [0.1, 0.15) is 0 Å². The number of nitrogens with zero attached hydrogens (tertiary/aromatic N) is 1. The average molecular weight is 423 g/mol. The summed E-state index contributed by atoms with van der Waals surface area (Å²) in [5, 5.41) is 2.99. The number of nitrogens with one attached hydrogen (secondary N) is 1. The van der Waals surface area contributed by atoms with Gasteiger partial charge < -0.3 is 19.7 Å². The summed E-state index contributed by atoms with van der Waals surface area (Å²) in [6, 6.07) is 13.2. The quantitative estimate of drug-likeness (QED) is 0.691. The van der Waals surface area contributed by atoms with E-state index in [1.165, 1.54) is 0 Å². The first-order valence-electron chi connectivity index (χ1n) is 10.5. The maximum atomic E-state index is 12.8. The van der Waals surface area contributed by atoms with Crippen LogP contribution in [0.3, 0.4) is 0 Å². The molecule has 6 heteroatoms. The second kappa shape index (κ2) is 10.7. The molecule has 1 fully saturated rings. The molecule has 0 saturated carbocycles. The van der Waals surface area contributed by atoms with E-state index in [1.54, 1.807) is 38.5 Å². The zero-order valence-corrected chi connectivity index (χ0v) is 18.4. The highest BCUT2D eigenvalue weighted by molar-refractivity contribution is 5.95. The van der Waals surface area contributed by atoms with Crippen LogP contribution in [0.5, 0.6) is 11.5 Å². The topological polar surface area (TPSA) is 67.9 Å². The smallest absolute Gasteiger partial charge is 0.253 e. The van der Waals surface area contributed by atoms with Crippen LogP contribution in [0, 0.1) is 12.8 Å². The van der Waals surface area contributed by atoms with Crippen molar-refractivity contribution in [1.29, 1.82) is 0 Å². The van der Waals surface area contributed by atoms with E-state index in [0.29, 0.717) is 42.6 Å². The predicted octanol–water partition coefficient (Wildman–Crippen LogP) is 3.69. The normalized spacial score (nSPS) is 14.5. The summed E-state index contributed by atoms with van der Waals surface area (Å²) in [4.78, 5) is 26.9. The number of likely N-dealkylation sites (tertiary alicyclic amines) is 1. The third-order valence-electron chi connectivity index (χ3n) is 5.70. The van der Waals surface area contributed by atoms with E-state index in [-0.39, 0.29) is 11.8 Å².